The molecule has 20 heavy (non-hydrogen) atoms. The molecule has 2 aromatic rings. The monoisotopic (exact) mass is 273 g/mol. The third kappa shape index (κ3) is 3.66. The molecule has 1 aromatic heterocycles. The van der Waals surface area contributed by atoms with E-state index in [2.05, 4.69) is 17.0 Å². The number of aromatic nitrogens is 3. The maximum atomic E-state index is 12.1. The number of ether oxygens (including phenoxy) is 1. The summed E-state index contributed by atoms with van der Waals surface area (Å²) in [7, 11) is 1.63. The smallest absolute Gasteiger partial charge is 0.144 e. The zero-order valence-electron chi connectivity index (χ0n) is 11.9. The minimum absolute atomic E-state index is 0.139. The van der Waals surface area contributed by atoms with E-state index in [9.17, 15) is 4.79 Å². The number of carbonyl (C=O) groups excluding carboxylic acids is 1. The Morgan fingerprint density at radius 3 is 2.65 bits per heavy atom. The number of nitrogens with zero attached hydrogens (tertiary/aromatic N) is 3. The first-order valence-electron chi connectivity index (χ1n) is 6.74. The van der Waals surface area contributed by atoms with Crippen LogP contribution in [0.1, 0.15) is 24.7 Å². The van der Waals surface area contributed by atoms with Crippen molar-refractivity contribution in [2.75, 3.05) is 7.11 Å². The molecule has 0 unspecified atom stereocenters. The number of Topliss-reactive ketones (excluding diaryl/α,β-unsaturated/α-hetero) is 1. The fourth-order valence-corrected chi connectivity index (χ4v) is 2.03. The van der Waals surface area contributed by atoms with E-state index in [0.29, 0.717) is 12.8 Å². The Labute approximate surface area is 118 Å². The van der Waals surface area contributed by atoms with Crippen molar-refractivity contribution in [1.29, 1.82) is 0 Å². The zero-order valence-corrected chi connectivity index (χ0v) is 11.9. The average molecular weight is 273 g/mol. The molecular weight excluding hydrogens is 254 g/mol. The van der Waals surface area contributed by atoms with Crippen LogP contribution in [0.15, 0.2) is 30.6 Å². The highest BCUT2D eigenvalue weighted by Gasteiger charge is 2.10. The van der Waals surface area contributed by atoms with Crippen molar-refractivity contribution in [2.24, 2.45) is 0 Å². The predicted octanol–water partition coefficient (Wildman–Crippen LogP) is 2.05. The third-order valence-electron chi connectivity index (χ3n) is 3.05. The number of methoxy groups -OCH3 is 1. The molecule has 0 radical (unpaired) electrons. The lowest BCUT2D eigenvalue weighted by atomic mass is 10.1. The molecule has 0 aliphatic carbocycles. The summed E-state index contributed by atoms with van der Waals surface area (Å²) in [5.74, 6) is 1.68. The molecule has 0 fully saturated rings. The van der Waals surface area contributed by atoms with Crippen LogP contribution in [-0.4, -0.2) is 27.7 Å². The van der Waals surface area contributed by atoms with Crippen LogP contribution in [-0.2, 0) is 24.2 Å². The van der Waals surface area contributed by atoms with E-state index in [0.717, 1.165) is 30.1 Å². The molecule has 0 atom stereocenters. The Morgan fingerprint density at radius 2 is 2.00 bits per heavy atom. The van der Waals surface area contributed by atoms with E-state index in [-0.39, 0.29) is 5.78 Å². The van der Waals surface area contributed by atoms with Crippen molar-refractivity contribution in [3.05, 3.63) is 42.0 Å². The van der Waals surface area contributed by atoms with Crippen LogP contribution in [0, 0.1) is 0 Å². The van der Waals surface area contributed by atoms with Crippen LogP contribution in [0.2, 0.25) is 0 Å². The quantitative estimate of drug-likeness (QED) is 0.774. The molecule has 0 N–H and O–H groups in total. The van der Waals surface area contributed by atoms with Crippen LogP contribution in [0.3, 0.4) is 0 Å². The third-order valence-corrected chi connectivity index (χ3v) is 3.05. The van der Waals surface area contributed by atoms with Gasteiger partial charge in [-0.15, -0.1) is 0 Å². The molecule has 5 nitrogen and oxygen atoms in total. The van der Waals surface area contributed by atoms with Crippen LogP contribution >= 0.6 is 0 Å². The zero-order chi connectivity index (χ0) is 14.4. The lowest BCUT2D eigenvalue weighted by molar-refractivity contribution is -0.117. The van der Waals surface area contributed by atoms with Gasteiger partial charge in [0, 0.05) is 13.0 Å². The van der Waals surface area contributed by atoms with Gasteiger partial charge in [0.25, 0.3) is 0 Å². The Balaban J connectivity index is 1.95. The highest BCUT2D eigenvalue weighted by Crippen LogP contribution is 2.12. The van der Waals surface area contributed by atoms with Gasteiger partial charge in [-0.3, -0.25) is 4.79 Å². The number of hydrogen-bond acceptors (Lipinski definition) is 4. The second-order valence-electron chi connectivity index (χ2n) is 4.64. The van der Waals surface area contributed by atoms with Gasteiger partial charge in [-0.2, -0.15) is 5.10 Å². The molecule has 0 saturated carbocycles. The van der Waals surface area contributed by atoms with Gasteiger partial charge in [0.2, 0.25) is 0 Å². The SMILES string of the molecule is CCCn1ncnc1CC(=O)Cc1ccc(OC)cc1. The number of carbonyl (C=O) groups is 1. The van der Waals surface area contributed by atoms with Crippen LogP contribution in [0.5, 0.6) is 5.75 Å². The van der Waals surface area contributed by atoms with Gasteiger partial charge < -0.3 is 4.74 Å². The summed E-state index contributed by atoms with van der Waals surface area (Å²) in [4.78, 5) is 16.2. The summed E-state index contributed by atoms with van der Waals surface area (Å²) in [5, 5.41) is 4.13. The first-order chi connectivity index (χ1) is 9.72. The van der Waals surface area contributed by atoms with E-state index >= 15 is 0 Å². The first kappa shape index (κ1) is 14.2. The summed E-state index contributed by atoms with van der Waals surface area (Å²) in [5.41, 5.74) is 0.984. The summed E-state index contributed by atoms with van der Waals surface area (Å²) in [6, 6.07) is 7.55. The molecule has 0 spiro atoms. The number of ketones is 1. The summed E-state index contributed by atoms with van der Waals surface area (Å²) < 4.78 is 6.89. The first-order valence-corrected chi connectivity index (χ1v) is 6.74. The molecule has 1 aromatic carbocycles. The Kier molecular flexibility index (Phi) is 4.87. The van der Waals surface area contributed by atoms with E-state index < -0.39 is 0 Å². The molecule has 106 valence electrons. The molecule has 1 heterocycles. The van der Waals surface area contributed by atoms with Gasteiger partial charge in [-0.25, -0.2) is 9.67 Å². The Hall–Kier alpha value is -2.17. The van der Waals surface area contributed by atoms with Crippen molar-refractivity contribution in [2.45, 2.75) is 32.7 Å². The van der Waals surface area contributed by atoms with Crippen molar-refractivity contribution < 1.29 is 9.53 Å². The average Bonchev–Trinajstić information content (AvgIpc) is 2.87. The maximum Gasteiger partial charge on any atom is 0.144 e. The van der Waals surface area contributed by atoms with Gasteiger partial charge in [0.1, 0.15) is 23.7 Å². The molecule has 2 rings (SSSR count). The van der Waals surface area contributed by atoms with Crippen molar-refractivity contribution in [3.8, 4) is 5.75 Å². The largest absolute Gasteiger partial charge is 0.497 e. The number of hydrogen-bond donors (Lipinski definition) is 0. The molecule has 5 heteroatoms. The maximum absolute atomic E-state index is 12.1. The topological polar surface area (TPSA) is 57.0 Å². The van der Waals surface area contributed by atoms with E-state index in [1.165, 1.54) is 6.33 Å². The Morgan fingerprint density at radius 1 is 1.25 bits per heavy atom. The lowest BCUT2D eigenvalue weighted by Crippen LogP contribution is -2.13. The summed E-state index contributed by atoms with van der Waals surface area (Å²) in [6.45, 7) is 2.87. The molecule has 0 aliphatic heterocycles. The molecule has 0 bridgehead atoms. The van der Waals surface area contributed by atoms with Gasteiger partial charge in [0.15, 0.2) is 0 Å². The number of aryl methyl sites for hydroxylation is 1. The van der Waals surface area contributed by atoms with E-state index in [1.54, 1.807) is 11.8 Å². The second kappa shape index (κ2) is 6.84. The standard InChI is InChI=1S/C15H19N3O2/c1-3-8-18-15(16-11-17-18)10-13(19)9-12-4-6-14(20-2)7-5-12/h4-7,11H,3,8-10H2,1-2H3. The summed E-state index contributed by atoms with van der Waals surface area (Å²) >= 11 is 0. The Bertz CT molecular complexity index is 561. The van der Waals surface area contributed by atoms with E-state index in [1.807, 2.05) is 24.3 Å². The van der Waals surface area contributed by atoms with Crippen LogP contribution < -0.4 is 4.74 Å². The van der Waals surface area contributed by atoms with Gasteiger partial charge in [0.05, 0.1) is 13.5 Å². The summed E-state index contributed by atoms with van der Waals surface area (Å²) in [6.07, 6.45) is 3.21. The van der Waals surface area contributed by atoms with Gasteiger partial charge in [-0.05, 0) is 24.1 Å². The van der Waals surface area contributed by atoms with Gasteiger partial charge >= 0.3 is 0 Å². The molecule has 0 amide bonds. The lowest BCUT2D eigenvalue weighted by Gasteiger charge is -2.05. The fourth-order valence-electron chi connectivity index (χ4n) is 2.03. The fraction of sp³-hybridized carbons (Fsp3) is 0.400. The minimum atomic E-state index is 0.139. The normalized spacial score (nSPS) is 10.5. The second-order valence-corrected chi connectivity index (χ2v) is 4.64. The minimum Gasteiger partial charge on any atom is -0.497 e. The highest BCUT2D eigenvalue weighted by atomic mass is 16.5. The van der Waals surface area contributed by atoms with Crippen molar-refractivity contribution in [3.63, 3.8) is 0 Å². The molecule has 0 saturated heterocycles. The highest BCUT2D eigenvalue weighted by molar-refractivity contribution is 5.82. The van der Waals surface area contributed by atoms with Gasteiger partial charge in [-0.1, -0.05) is 19.1 Å². The number of rotatable bonds is 7. The van der Waals surface area contributed by atoms with Crippen molar-refractivity contribution in [1.82, 2.24) is 14.8 Å². The van der Waals surface area contributed by atoms with Crippen molar-refractivity contribution >= 4 is 5.78 Å². The van der Waals surface area contributed by atoms with E-state index in [4.69, 9.17) is 4.74 Å². The van der Waals surface area contributed by atoms with Crippen LogP contribution in [0.25, 0.3) is 0 Å². The molecule has 0 aliphatic rings. The number of benzene rings is 1. The molecular formula is C15H19N3O2. The van der Waals surface area contributed by atoms with Crippen LogP contribution in [0.4, 0.5) is 0 Å². The predicted molar refractivity (Wildman–Crippen MR) is 75.7 cm³/mol.